The first kappa shape index (κ1) is 22.9. The summed E-state index contributed by atoms with van der Waals surface area (Å²) in [5.41, 5.74) is 0.538. The van der Waals surface area contributed by atoms with Gasteiger partial charge in [-0.2, -0.15) is 13.2 Å². The van der Waals surface area contributed by atoms with Crippen molar-refractivity contribution in [3.05, 3.63) is 64.7 Å². The molecule has 1 heterocycles. The van der Waals surface area contributed by atoms with Crippen LogP contribution < -0.4 is 5.32 Å². The van der Waals surface area contributed by atoms with Crippen LogP contribution in [-0.4, -0.2) is 37.7 Å². The number of rotatable bonds is 5. The molecule has 3 rings (SSSR count). The number of hydrogen-bond donors (Lipinski definition) is 1. The Morgan fingerprint density at radius 2 is 1.61 bits per heavy atom. The Labute approximate surface area is 181 Å². The molecule has 0 atom stereocenters. The number of carbonyl (C=O) groups excluding carboxylic acids is 1. The molecular weight excluding hydrogens is 451 g/mol. The van der Waals surface area contributed by atoms with Gasteiger partial charge in [-0.3, -0.25) is 4.79 Å². The highest BCUT2D eigenvalue weighted by Gasteiger charge is 2.30. The number of carbonyl (C=O) groups is 1. The third kappa shape index (κ3) is 4.94. The van der Waals surface area contributed by atoms with E-state index < -0.39 is 27.7 Å². The van der Waals surface area contributed by atoms with Crippen molar-refractivity contribution >= 4 is 33.0 Å². The molecule has 0 bridgehead atoms. The number of hydrogen-bond acceptors (Lipinski definition) is 5. The quantitative estimate of drug-likeness (QED) is 0.591. The molecule has 31 heavy (non-hydrogen) atoms. The van der Waals surface area contributed by atoms with Crippen LogP contribution in [0.25, 0.3) is 10.6 Å². The molecule has 1 amide bonds. The van der Waals surface area contributed by atoms with Gasteiger partial charge in [0.1, 0.15) is 9.88 Å². The van der Waals surface area contributed by atoms with Crippen LogP contribution >= 0.6 is 11.3 Å². The Morgan fingerprint density at radius 3 is 2.13 bits per heavy atom. The Kier molecular flexibility index (Phi) is 6.21. The fourth-order valence-corrected chi connectivity index (χ4v) is 4.51. The minimum Gasteiger partial charge on any atom is -0.321 e. The predicted octanol–water partition coefficient (Wildman–Crippen LogP) is 4.64. The van der Waals surface area contributed by atoms with Crippen LogP contribution in [0.15, 0.2) is 53.4 Å². The number of halogens is 3. The number of sulfonamides is 1. The average molecular weight is 470 g/mol. The molecule has 0 saturated carbocycles. The summed E-state index contributed by atoms with van der Waals surface area (Å²) in [4.78, 5) is 17.3. The normalized spacial score (nSPS) is 12.2. The summed E-state index contributed by atoms with van der Waals surface area (Å²) in [6.45, 7) is 1.63. The number of aromatic nitrogens is 1. The first-order valence-corrected chi connectivity index (χ1v) is 11.1. The number of thiazole rings is 1. The number of amides is 1. The van der Waals surface area contributed by atoms with E-state index in [1.54, 1.807) is 6.92 Å². The van der Waals surface area contributed by atoms with Gasteiger partial charge in [-0.25, -0.2) is 17.7 Å². The van der Waals surface area contributed by atoms with Crippen molar-refractivity contribution in [1.29, 1.82) is 0 Å². The van der Waals surface area contributed by atoms with Crippen LogP contribution in [0.1, 0.15) is 20.9 Å². The van der Waals surface area contributed by atoms with Crippen LogP contribution in [-0.2, 0) is 16.2 Å². The Hall–Kier alpha value is -2.76. The molecule has 1 aromatic heterocycles. The van der Waals surface area contributed by atoms with Gasteiger partial charge in [0.2, 0.25) is 10.0 Å². The molecule has 1 N–H and O–H groups in total. The van der Waals surface area contributed by atoms with Crippen LogP contribution in [0, 0.1) is 6.92 Å². The van der Waals surface area contributed by atoms with E-state index in [1.807, 2.05) is 0 Å². The summed E-state index contributed by atoms with van der Waals surface area (Å²) in [5, 5.41) is 3.10. The second kappa shape index (κ2) is 8.40. The van der Waals surface area contributed by atoms with E-state index in [-0.39, 0.29) is 4.90 Å². The molecule has 0 radical (unpaired) electrons. The fraction of sp³-hybridized carbons (Fsp3) is 0.200. The lowest BCUT2D eigenvalue weighted by molar-refractivity contribution is -0.137. The van der Waals surface area contributed by atoms with Crippen molar-refractivity contribution in [3.8, 4) is 10.6 Å². The Morgan fingerprint density at radius 1 is 1.03 bits per heavy atom. The average Bonchev–Trinajstić information content (AvgIpc) is 3.09. The van der Waals surface area contributed by atoms with Crippen LogP contribution in [0.4, 0.5) is 18.9 Å². The zero-order valence-electron chi connectivity index (χ0n) is 16.7. The van der Waals surface area contributed by atoms with Gasteiger partial charge in [0, 0.05) is 25.3 Å². The molecule has 6 nitrogen and oxygen atoms in total. The van der Waals surface area contributed by atoms with Gasteiger partial charge in [0.15, 0.2) is 0 Å². The molecular formula is C20H18F3N3O3S2. The van der Waals surface area contributed by atoms with Crippen molar-refractivity contribution in [2.45, 2.75) is 18.0 Å². The fourth-order valence-electron chi connectivity index (χ4n) is 2.64. The third-order valence-corrected chi connectivity index (χ3v) is 7.39. The largest absolute Gasteiger partial charge is 0.416 e. The summed E-state index contributed by atoms with van der Waals surface area (Å²) < 4.78 is 63.5. The molecule has 0 saturated heterocycles. The van der Waals surface area contributed by atoms with E-state index in [9.17, 15) is 26.4 Å². The predicted molar refractivity (Wildman–Crippen MR) is 113 cm³/mol. The number of alkyl halides is 3. The highest BCUT2D eigenvalue weighted by molar-refractivity contribution is 7.89. The number of aryl methyl sites for hydroxylation is 1. The Bertz CT molecular complexity index is 1200. The Balaban J connectivity index is 1.78. The number of nitrogens with zero attached hydrogens (tertiary/aromatic N) is 2. The maximum absolute atomic E-state index is 12.7. The molecule has 0 aliphatic carbocycles. The molecule has 3 aromatic rings. The second-order valence-corrected chi connectivity index (χ2v) is 9.93. The number of benzene rings is 2. The van der Waals surface area contributed by atoms with Gasteiger partial charge in [0.05, 0.1) is 16.2 Å². The van der Waals surface area contributed by atoms with Crippen LogP contribution in [0.3, 0.4) is 0 Å². The minimum atomic E-state index is -4.43. The van der Waals surface area contributed by atoms with E-state index in [0.717, 1.165) is 27.8 Å². The summed E-state index contributed by atoms with van der Waals surface area (Å²) in [7, 11) is -0.733. The summed E-state index contributed by atoms with van der Waals surface area (Å²) >= 11 is 1.06. The minimum absolute atomic E-state index is 0.0917. The standard InChI is InChI=1S/C20H18F3N3O3S2/c1-12-17(30-19(24-12)13-4-6-14(7-5-13)20(21,22)23)18(27)25-15-8-10-16(11-9-15)31(28,29)26(2)3/h4-11H,1-3H3,(H,25,27). The van der Waals surface area contributed by atoms with Crippen molar-refractivity contribution in [2.24, 2.45) is 0 Å². The lowest BCUT2D eigenvalue weighted by atomic mass is 10.1. The van der Waals surface area contributed by atoms with Gasteiger partial charge >= 0.3 is 6.18 Å². The first-order chi connectivity index (χ1) is 14.4. The summed E-state index contributed by atoms with van der Waals surface area (Å²) in [5.74, 6) is -0.448. The van der Waals surface area contributed by atoms with Crippen molar-refractivity contribution < 1.29 is 26.4 Å². The maximum Gasteiger partial charge on any atom is 0.416 e. The molecule has 0 aliphatic heterocycles. The van der Waals surface area contributed by atoms with Crippen molar-refractivity contribution in [3.63, 3.8) is 0 Å². The van der Waals surface area contributed by atoms with Gasteiger partial charge in [-0.1, -0.05) is 12.1 Å². The van der Waals surface area contributed by atoms with Crippen molar-refractivity contribution in [1.82, 2.24) is 9.29 Å². The van der Waals surface area contributed by atoms with Crippen LogP contribution in [0.5, 0.6) is 0 Å². The number of nitrogens with one attached hydrogen (secondary N) is 1. The molecule has 0 fully saturated rings. The molecule has 2 aromatic carbocycles. The number of anilines is 1. The van der Waals surface area contributed by atoms with Gasteiger partial charge in [0.25, 0.3) is 5.91 Å². The zero-order chi connectivity index (χ0) is 23.0. The highest BCUT2D eigenvalue weighted by Crippen LogP contribution is 2.33. The second-order valence-electron chi connectivity index (χ2n) is 6.77. The van der Waals surface area contributed by atoms with E-state index in [4.69, 9.17) is 0 Å². The van der Waals surface area contributed by atoms with Crippen molar-refractivity contribution in [2.75, 3.05) is 19.4 Å². The monoisotopic (exact) mass is 469 g/mol. The lowest BCUT2D eigenvalue weighted by Gasteiger charge is -2.11. The summed E-state index contributed by atoms with van der Waals surface area (Å²) in [6, 6.07) is 10.3. The topological polar surface area (TPSA) is 79.4 Å². The smallest absolute Gasteiger partial charge is 0.321 e. The van der Waals surface area contributed by atoms with Gasteiger partial charge in [-0.05, 0) is 43.3 Å². The SMILES string of the molecule is Cc1nc(-c2ccc(C(F)(F)F)cc2)sc1C(=O)Nc1ccc(S(=O)(=O)N(C)C)cc1. The molecule has 0 aliphatic rings. The summed E-state index contributed by atoms with van der Waals surface area (Å²) in [6.07, 6.45) is -4.43. The van der Waals surface area contributed by atoms with E-state index in [2.05, 4.69) is 10.3 Å². The van der Waals surface area contributed by atoms with E-state index in [1.165, 1.54) is 50.5 Å². The highest BCUT2D eigenvalue weighted by atomic mass is 32.2. The molecule has 0 unspecified atom stereocenters. The molecule has 11 heteroatoms. The van der Waals surface area contributed by atoms with E-state index >= 15 is 0 Å². The lowest BCUT2D eigenvalue weighted by Crippen LogP contribution is -2.22. The zero-order valence-corrected chi connectivity index (χ0v) is 18.3. The van der Waals surface area contributed by atoms with Gasteiger partial charge < -0.3 is 5.32 Å². The third-order valence-electron chi connectivity index (χ3n) is 4.35. The molecule has 0 spiro atoms. The van der Waals surface area contributed by atoms with Gasteiger partial charge in [-0.15, -0.1) is 11.3 Å². The van der Waals surface area contributed by atoms with Crippen LogP contribution in [0.2, 0.25) is 0 Å². The first-order valence-electron chi connectivity index (χ1n) is 8.88. The van der Waals surface area contributed by atoms with E-state index in [0.29, 0.717) is 26.8 Å². The molecule has 164 valence electrons. The maximum atomic E-state index is 12.7.